The van der Waals surface area contributed by atoms with E-state index in [1.807, 2.05) is 24.3 Å². The van der Waals surface area contributed by atoms with E-state index in [1.165, 1.54) is 0 Å². The standard InChI is InChI=1S/C26H27ClN4O3/c27-18-6-3-7-20(14-18)30-10-12-31(13-11-30)24-16-22(26(33)34)21-15-19(8-9-23(21)29-24)28-25(32)17-4-1-2-5-17/h3,6-9,14-17H,1-2,4-5,10-13H2,(H,28,32)(H,33,34). The molecule has 5 rings (SSSR count). The van der Waals surface area contributed by atoms with Gasteiger partial charge >= 0.3 is 5.97 Å². The number of aromatic nitrogens is 1. The van der Waals surface area contributed by atoms with Gasteiger partial charge in [0.05, 0.1) is 11.1 Å². The largest absolute Gasteiger partial charge is 0.478 e. The second kappa shape index (κ2) is 9.50. The molecule has 1 saturated carbocycles. The van der Waals surface area contributed by atoms with Crippen LogP contribution in [0.1, 0.15) is 36.0 Å². The Labute approximate surface area is 203 Å². The molecule has 1 amide bonds. The highest BCUT2D eigenvalue weighted by molar-refractivity contribution is 6.30. The lowest BCUT2D eigenvalue weighted by Crippen LogP contribution is -2.46. The number of piperazine rings is 1. The minimum atomic E-state index is -1.01. The number of halogens is 1. The molecule has 1 aromatic heterocycles. The maximum atomic E-state index is 12.5. The van der Waals surface area contributed by atoms with Crippen molar-refractivity contribution in [2.75, 3.05) is 41.3 Å². The van der Waals surface area contributed by atoms with Gasteiger partial charge in [0, 0.05) is 53.9 Å². The molecular formula is C26H27ClN4O3. The lowest BCUT2D eigenvalue weighted by Gasteiger charge is -2.37. The Kier molecular flexibility index (Phi) is 6.28. The topological polar surface area (TPSA) is 85.8 Å². The molecule has 1 aliphatic heterocycles. The summed E-state index contributed by atoms with van der Waals surface area (Å²) < 4.78 is 0. The summed E-state index contributed by atoms with van der Waals surface area (Å²) >= 11 is 6.14. The van der Waals surface area contributed by atoms with Crippen LogP contribution in [0.5, 0.6) is 0 Å². The van der Waals surface area contributed by atoms with Crippen molar-refractivity contribution in [3.8, 4) is 0 Å². The van der Waals surface area contributed by atoms with Gasteiger partial charge in [0.1, 0.15) is 5.82 Å². The van der Waals surface area contributed by atoms with Crippen LogP contribution in [0.25, 0.3) is 10.9 Å². The average Bonchev–Trinajstić information content (AvgIpc) is 3.39. The van der Waals surface area contributed by atoms with Crippen molar-refractivity contribution < 1.29 is 14.7 Å². The minimum Gasteiger partial charge on any atom is -0.478 e. The Bertz CT molecular complexity index is 1230. The maximum Gasteiger partial charge on any atom is 0.336 e. The second-order valence-electron chi connectivity index (χ2n) is 8.99. The molecule has 7 nitrogen and oxygen atoms in total. The highest BCUT2D eigenvalue weighted by atomic mass is 35.5. The van der Waals surface area contributed by atoms with Gasteiger partial charge in [-0.1, -0.05) is 30.5 Å². The van der Waals surface area contributed by atoms with E-state index in [2.05, 4.69) is 15.1 Å². The van der Waals surface area contributed by atoms with E-state index >= 15 is 0 Å². The third-order valence-corrected chi connectivity index (χ3v) is 7.03. The number of carbonyl (C=O) groups is 2. The zero-order valence-electron chi connectivity index (χ0n) is 18.8. The summed E-state index contributed by atoms with van der Waals surface area (Å²) in [6.45, 7) is 3.02. The fourth-order valence-corrected chi connectivity index (χ4v) is 5.11. The van der Waals surface area contributed by atoms with Gasteiger partial charge in [0.15, 0.2) is 0 Å². The molecule has 2 N–H and O–H groups in total. The summed E-state index contributed by atoms with van der Waals surface area (Å²) in [5.74, 6) is -0.305. The molecule has 2 heterocycles. The third-order valence-electron chi connectivity index (χ3n) is 6.80. The molecule has 0 radical (unpaired) electrons. The summed E-state index contributed by atoms with van der Waals surface area (Å²) in [7, 11) is 0. The molecule has 0 spiro atoms. The molecule has 176 valence electrons. The zero-order valence-corrected chi connectivity index (χ0v) is 19.6. The summed E-state index contributed by atoms with van der Waals surface area (Å²) in [5.41, 5.74) is 2.48. The minimum absolute atomic E-state index is 0.0101. The molecule has 8 heteroatoms. The molecule has 2 aliphatic rings. The average molecular weight is 479 g/mol. The molecular weight excluding hydrogens is 452 g/mol. The smallest absolute Gasteiger partial charge is 0.336 e. The molecule has 2 aromatic carbocycles. The van der Waals surface area contributed by atoms with E-state index < -0.39 is 5.97 Å². The van der Waals surface area contributed by atoms with Gasteiger partial charge in [0.25, 0.3) is 0 Å². The van der Waals surface area contributed by atoms with Gasteiger partial charge in [-0.15, -0.1) is 0 Å². The van der Waals surface area contributed by atoms with Gasteiger partial charge < -0.3 is 20.2 Å². The van der Waals surface area contributed by atoms with Crippen LogP contribution in [0, 0.1) is 5.92 Å². The summed E-state index contributed by atoms with van der Waals surface area (Å²) in [6, 6.07) is 14.8. The lowest BCUT2D eigenvalue weighted by molar-refractivity contribution is -0.119. The number of fused-ring (bicyclic) bond motifs is 1. The Morgan fingerprint density at radius 3 is 2.41 bits per heavy atom. The van der Waals surface area contributed by atoms with Crippen molar-refractivity contribution in [2.24, 2.45) is 5.92 Å². The van der Waals surface area contributed by atoms with Gasteiger partial charge in [-0.25, -0.2) is 9.78 Å². The first-order valence-corrected chi connectivity index (χ1v) is 12.1. The van der Waals surface area contributed by atoms with Gasteiger partial charge in [-0.05, 0) is 55.3 Å². The number of hydrogen-bond donors (Lipinski definition) is 2. The van der Waals surface area contributed by atoms with Crippen molar-refractivity contribution in [3.05, 3.63) is 59.1 Å². The number of aromatic carboxylic acids is 1. The van der Waals surface area contributed by atoms with Crippen molar-refractivity contribution in [1.29, 1.82) is 0 Å². The zero-order chi connectivity index (χ0) is 23.7. The number of carbonyl (C=O) groups excluding carboxylic acids is 1. The van der Waals surface area contributed by atoms with Gasteiger partial charge in [-0.3, -0.25) is 4.79 Å². The predicted molar refractivity (Wildman–Crippen MR) is 135 cm³/mol. The third kappa shape index (κ3) is 4.66. The molecule has 1 aliphatic carbocycles. The van der Waals surface area contributed by atoms with Crippen molar-refractivity contribution in [3.63, 3.8) is 0 Å². The predicted octanol–water partition coefficient (Wildman–Crippen LogP) is 5.04. The van der Waals surface area contributed by atoms with Crippen molar-refractivity contribution in [2.45, 2.75) is 25.7 Å². The number of carboxylic acid groups (broad SMARTS) is 1. The van der Waals surface area contributed by atoms with E-state index in [-0.39, 0.29) is 17.4 Å². The number of rotatable bonds is 5. The molecule has 1 saturated heterocycles. The molecule has 0 atom stereocenters. The van der Waals surface area contributed by atoms with E-state index in [1.54, 1.807) is 24.3 Å². The number of benzene rings is 2. The van der Waals surface area contributed by atoms with Crippen LogP contribution in [-0.2, 0) is 4.79 Å². The molecule has 2 fully saturated rings. The van der Waals surface area contributed by atoms with E-state index in [9.17, 15) is 14.7 Å². The molecule has 0 unspecified atom stereocenters. The highest BCUT2D eigenvalue weighted by Crippen LogP contribution is 2.30. The molecule has 34 heavy (non-hydrogen) atoms. The fourth-order valence-electron chi connectivity index (χ4n) is 4.93. The number of anilines is 3. The first-order valence-electron chi connectivity index (χ1n) is 11.7. The second-order valence-corrected chi connectivity index (χ2v) is 9.43. The monoisotopic (exact) mass is 478 g/mol. The Hall–Kier alpha value is -3.32. The maximum absolute atomic E-state index is 12.5. The first-order chi connectivity index (χ1) is 16.5. The number of carboxylic acids is 1. The number of hydrogen-bond acceptors (Lipinski definition) is 5. The van der Waals surface area contributed by atoms with Crippen LogP contribution >= 0.6 is 11.6 Å². The van der Waals surface area contributed by atoms with Crippen LogP contribution in [-0.4, -0.2) is 48.1 Å². The highest BCUT2D eigenvalue weighted by Gasteiger charge is 2.24. The summed E-state index contributed by atoms with van der Waals surface area (Å²) in [4.78, 5) is 33.8. The van der Waals surface area contributed by atoms with Crippen LogP contribution in [0.2, 0.25) is 5.02 Å². The quantitative estimate of drug-likeness (QED) is 0.534. The fraction of sp³-hybridized carbons (Fsp3) is 0.346. The van der Waals surface area contributed by atoms with E-state index in [4.69, 9.17) is 16.6 Å². The Morgan fingerprint density at radius 2 is 1.71 bits per heavy atom. The van der Waals surface area contributed by atoms with Crippen LogP contribution < -0.4 is 15.1 Å². The van der Waals surface area contributed by atoms with Crippen LogP contribution in [0.3, 0.4) is 0 Å². The Balaban J connectivity index is 1.36. The summed E-state index contributed by atoms with van der Waals surface area (Å²) in [5, 5.41) is 14.1. The number of nitrogens with one attached hydrogen (secondary N) is 1. The lowest BCUT2D eigenvalue weighted by atomic mass is 10.1. The van der Waals surface area contributed by atoms with Crippen molar-refractivity contribution >= 4 is 51.6 Å². The van der Waals surface area contributed by atoms with E-state index in [0.717, 1.165) is 57.5 Å². The van der Waals surface area contributed by atoms with Crippen molar-refractivity contribution in [1.82, 2.24) is 4.98 Å². The van der Waals surface area contributed by atoms with Crippen LogP contribution in [0.15, 0.2) is 48.5 Å². The first kappa shape index (κ1) is 22.5. The van der Waals surface area contributed by atoms with Gasteiger partial charge in [0.2, 0.25) is 5.91 Å². The SMILES string of the molecule is O=C(O)c1cc(N2CCN(c3cccc(Cl)c3)CC2)nc2ccc(NC(=O)C3CCCC3)cc12. The number of amides is 1. The summed E-state index contributed by atoms with van der Waals surface area (Å²) in [6.07, 6.45) is 3.99. The normalized spacial score (nSPS) is 16.7. The number of pyridine rings is 1. The number of nitrogens with zero attached hydrogens (tertiary/aromatic N) is 3. The molecule has 3 aromatic rings. The van der Waals surface area contributed by atoms with Gasteiger partial charge in [-0.2, -0.15) is 0 Å². The molecule has 0 bridgehead atoms. The Morgan fingerprint density at radius 1 is 0.971 bits per heavy atom. The van der Waals surface area contributed by atoms with Crippen LogP contribution in [0.4, 0.5) is 17.2 Å². The van der Waals surface area contributed by atoms with E-state index in [0.29, 0.717) is 27.4 Å².